The fourth-order valence-corrected chi connectivity index (χ4v) is 2.15. The van der Waals surface area contributed by atoms with E-state index in [1.54, 1.807) is 6.07 Å². The van der Waals surface area contributed by atoms with Gasteiger partial charge >= 0.3 is 0 Å². The fourth-order valence-electron chi connectivity index (χ4n) is 1.70. The van der Waals surface area contributed by atoms with E-state index in [1.165, 1.54) is 6.07 Å². The molecular formula is C14H12BrClFN. The van der Waals surface area contributed by atoms with Gasteiger partial charge in [-0.2, -0.15) is 0 Å². The first kappa shape index (κ1) is 13.4. The number of hydrogen-bond acceptors (Lipinski definition) is 1. The second kappa shape index (κ2) is 5.72. The van der Waals surface area contributed by atoms with Gasteiger partial charge in [-0.05, 0) is 52.2 Å². The maximum absolute atomic E-state index is 13.6. The molecule has 94 valence electrons. The fraction of sp³-hybridized carbons (Fsp3) is 0.143. The largest absolute Gasteiger partial charge is 0.378 e. The molecule has 0 heterocycles. The summed E-state index contributed by atoms with van der Waals surface area (Å²) in [6.45, 7) is 2.41. The first-order valence-electron chi connectivity index (χ1n) is 5.51. The smallest absolute Gasteiger partial charge is 0.146 e. The van der Waals surface area contributed by atoms with Crippen LogP contribution in [0, 0.1) is 12.7 Å². The summed E-state index contributed by atoms with van der Waals surface area (Å²) in [5, 5.41) is 3.75. The van der Waals surface area contributed by atoms with E-state index in [1.807, 2.05) is 31.2 Å². The average molecular weight is 329 g/mol. The SMILES string of the molecule is Cc1cccc(F)c1NCc1ccc(Br)c(Cl)c1. The summed E-state index contributed by atoms with van der Waals surface area (Å²) in [5.74, 6) is -0.238. The second-order valence-electron chi connectivity index (χ2n) is 4.03. The molecule has 1 N–H and O–H groups in total. The normalized spacial score (nSPS) is 10.4. The van der Waals surface area contributed by atoms with Crippen molar-refractivity contribution < 1.29 is 4.39 Å². The number of benzene rings is 2. The van der Waals surface area contributed by atoms with Gasteiger partial charge in [-0.25, -0.2) is 4.39 Å². The third-order valence-electron chi connectivity index (χ3n) is 2.68. The van der Waals surface area contributed by atoms with Crippen molar-refractivity contribution in [2.45, 2.75) is 13.5 Å². The first-order chi connectivity index (χ1) is 8.58. The summed E-state index contributed by atoms with van der Waals surface area (Å²) < 4.78 is 14.5. The van der Waals surface area contributed by atoms with Gasteiger partial charge in [0.2, 0.25) is 0 Å². The number of halogens is 3. The number of aryl methyl sites for hydroxylation is 1. The van der Waals surface area contributed by atoms with Crippen LogP contribution in [0.1, 0.15) is 11.1 Å². The number of nitrogens with one attached hydrogen (secondary N) is 1. The summed E-state index contributed by atoms with van der Waals surface area (Å²) in [5.41, 5.74) is 2.43. The molecule has 0 aliphatic heterocycles. The van der Waals surface area contributed by atoms with Gasteiger partial charge in [-0.3, -0.25) is 0 Å². The predicted octanol–water partition coefficient (Wildman–Crippen LogP) is 5.16. The van der Waals surface area contributed by atoms with E-state index < -0.39 is 0 Å². The Kier molecular flexibility index (Phi) is 4.25. The molecule has 1 nitrogen and oxygen atoms in total. The van der Waals surface area contributed by atoms with Crippen molar-refractivity contribution in [3.8, 4) is 0 Å². The zero-order valence-corrected chi connectivity index (χ0v) is 12.1. The van der Waals surface area contributed by atoms with Crippen LogP contribution in [0.5, 0.6) is 0 Å². The highest BCUT2D eigenvalue weighted by Crippen LogP contribution is 2.24. The molecule has 2 aromatic rings. The summed E-state index contributed by atoms with van der Waals surface area (Å²) in [7, 11) is 0. The van der Waals surface area contributed by atoms with Crippen molar-refractivity contribution in [2.75, 3.05) is 5.32 Å². The van der Waals surface area contributed by atoms with E-state index in [-0.39, 0.29) is 5.82 Å². The van der Waals surface area contributed by atoms with Gasteiger partial charge in [0.25, 0.3) is 0 Å². The van der Waals surface area contributed by atoms with Crippen molar-refractivity contribution >= 4 is 33.2 Å². The molecule has 2 aromatic carbocycles. The molecule has 4 heteroatoms. The molecule has 0 amide bonds. The Balaban J connectivity index is 2.14. The number of anilines is 1. The van der Waals surface area contributed by atoms with Crippen LogP contribution in [0.3, 0.4) is 0 Å². The van der Waals surface area contributed by atoms with Crippen LogP contribution in [-0.4, -0.2) is 0 Å². The van der Waals surface area contributed by atoms with Gasteiger partial charge in [0.15, 0.2) is 0 Å². The van der Waals surface area contributed by atoms with Crippen molar-refractivity contribution in [1.82, 2.24) is 0 Å². The second-order valence-corrected chi connectivity index (χ2v) is 5.30. The molecular weight excluding hydrogens is 317 g/mol. The van der Waals surface area contributed by atoms with Crippen LogP contribution in [0.4, 0.5) is 10.1 Å². The van der Waals surface area contributed by atoms with E-state index in [0.717, 1.165) is 15.6 Å². The monoisotopic (exact) mass is 327 g/mol. The molecule has 0 radical (unpaired) electrons. The lowest BCUT2D eigenvalue weighted by Gasteiger charge is -2.11. The number of rotatable bonds is 3. The molecule has 0 unspecified atom stereocenters. The molecule has 0 bridgehead atoms. The Morgan fingerprint density at radius 3 is 2.72 bits per heavy atom. The van der Waals surface area contributed by atoms with Crippen molar-refractivity contribution in [1.29, 1.82) is 0 Å². The highest BCUT2D eigenvalue weighted by molar-refractivity contribution is 9.10. The highest BCUT2D eigenvalue weighted by Gasteiger charge is 2.05. The molecule has 0 aromatic heterocycles. The molecule has 18 heavy (non-hydrogen) atoms. The minimum atomic E-state index is -0.238. The third-order valence-corrected chi connectivity index (χ3v) is 3.91. The van der Waals surface area contributed by atoms with Crippen molar-refractivity contribution in [3.63, 3.8) is 0 Å². The summed E-state index contributed by atoms with van der Waals surface area (Å²) >= 11 is 9.35. The van der Waals surface area contributed by atoms with E-state index in [2.05, 4.69) is 21.2 Å². The highest BCUT2D eigenvalue weighted by atomic mass is 79.9. The zero-order valence-electron chi connectivity index (χ0n) is 9.81. The molecule has 0 fully saturated rings. The van der Waals surface area contributed by atoms with Gasteiger partial charge in [-0.15, -0.1) is 0 Å². The molecule has 0 spiro atoms. The lowest BCUT2D eigenvalue weighted by atomic mass is 10.1. The van der Waals surface area contributed by atoms with Gasteiger partial charge in [0, 0.05) is 11.0 Å². The Hall–Kier alpha value is -1.06. The predicted molar refractivity (Wildman–Crippen MR) is 77.6 cm³/mol. The lowest BCUT2D eigenvalue weighted by Crippen LogP contribution is -2.03. The summed E-state index contributed by atoms with van der Waals surface area (Å²) in [4.78, 5) is 0. The first-order valence-corrected chi connectivity index (χ1v) is 6.68. The van der Waals surface area contributed by atoms with Crippen molar-refractivity contribution in [2.24, 2.45) is 0 Å². The van der Waals surface area contributed by atoms with Crippen LogP contribution >= 0.6 is 27.5 Å². The summed E-state index contributed by atoms with van der Waals surface area (Å²) in [6.07, 6.45) is 0. The number of hydrogen-bond donors (Lipinski definition) is 1. The molecule has 0 saturated heterocycles. The Labute approximate surface area is 119 Å². The van der Waals surface area contributed by atoms with Crippen molar-refractivity contribution in [3.05, 3.63) is 62.8 Å². The Morgan fingerprint density at radius 2 is 2.06 bits per heavy atom. The summed E-state index contributed by atoms with van der Waals surface area (Å²) in [6, 6.07) is 10.7. The number of para-hydroxylation sites is 1. The van der Waals surface area contributed by atoms with Gasteiger partial charge in [-0.1, -0.05) is 29.8 Å². The van der Waals surface area contributed by atoms with Crippen LogP contribution in [0.15, 0.2) is 40.9 Å². The molecule has 0 atom stereocenters. The lowest BCUT2D eigenvalue weighted by molar-refractivity contribution is 0.629. The van der Waals surface area contributed by atoms with Gasteiger partial charge < -0.3 is 5.32 Å². The Bertz CT molecular complexity index is 551. The minimum absolute atomic E-state index is 0.238. The quantitative estimate of drug-likeness (QED) is 0.820. The third kappa shape index (κ3) is 3.03. The average Bonchev–Trinajstić information content (AvgIpc) is 2.33. The van der Waals surface area contributed by atoms with E-state index >= 15 is 0 Å². The van der Waals surface area contributed by atoms with Gasteiger partial charge in [0.1, 0.15) is 5.82 Å². The van der Waals surface area contributed by atoms with Crippen LogP contribution in [0.25, 0.3) is 0 Å². The van der Waals surface area contributed by atoms with Crippen LogP contribution < -0.4 is 5.32 Å². The maximum Gasteiger partial charge on any atom is 0.146 e. The van der Waals surface area contributed by atoms with E-state index in [4.69, 9.17) is 11.6 Å². The van der Waals surface area contributed by atoms with Crippen LogP contribution in [0.2, 0.25) is 5.02 Å². The van der Waals surface area contributed by atoms with Crippen LogP contribution in [-0.2, 0) is 6.54 Å². The standard InChI is InChI=1S/C14H12BrClFN/c1-9-3-2-4-13(17)14(9)18-8-10-5-6-11(15)12(16)7-10/h2-7,18H,8H2,1H3. The topological polar surface area (TPSA) is 12.0 Å². The maximum atomic E-state index is 13.6. The van der Waals surface area contributed by atoms with E-state index in [0.29, 0.717) is 17.3 Å². The minimum Gasteiger partial charge on any atom is -0.378 e. The zero-order chi connectivity index (χ0) is 13.1. The molecule has 2 rings (SSSR count). The van der Waals surface area contributed by atoms with E-state index in [9.17, 15) is 4.39 Å². The van der Waals surface area contributed by atoms with Gasteiger partial charge in [0.05, 0.1) is 10.7 Å². The Morgan fingerprint density at radius 1 is 1.28 bits per heavy atom. The molecule has 0 aliphatic rings. The molecule has 0 aliphatic carbocycles. The molecule has 0 saturated carbocycles.